The van der Waals surface area contributed by atoms with E-state index in [2.05, 4.69) is 10.6 Å². The molecule has 0 aliphatic carbocycles. The summed E-state index contributed by atoms with van der Waals surface area (Å²) in [6.07, 6.45) is 0.842. The molecule has 0 saturated heterocycles. The number of fused-ring (bicyclic) bond motifs is 3. The van der Waals surface area contributed by atoms with Crippen molar-refractivity contribution in [2.45, 2.75) is 50.9 Å². The van der Waals surface area contributed by atoms with Crippen molar-refractivity contribution in [2.75, 3.05) is 5.32 Å². The molecule has 0 spiro atoms. The minimum Gasteiger partial charge on any atom is -0.352 e. The number of para-hydroxylation sites is 1. The molecule has 0 bridgehead atoms. The molecule has 2 heterocycles. The summed E-state index contributed by atoms with van der Waals surface area (Å²) in [5, 5.41) is 5.67. The second kappa shape index (κ2) is 12.5. The Morgan fingerprint density at radius 3 is 2.61 bits per heavy atom. The molecule has 2 atom stereocenters. The molecule has 210 valence electrons. The number of amidine groups is 2. The van der Waals surface area contributed by atoms with E-state index in [0.29, 0.717) is 28.8 Å². The minimum absolute atomic E-state index is 0.0972. The molecule has 2 aliphatic rings. The fourth-order valence-corrected chi connectivity index (χ4v) is 5.64. The monoisotopic (exact) mass is 571 g/mol. The van der Waals surface area contributed by atoms with E-state index >= 15 is 0 Å². The number of carbonyl (C=O) groups is 3. The topological polar surface area (TPSA) is 103 Å². The fourth-order valence-electron chi connectivity index (χ4n) is 4.62. The van der Waals surface area contributed by atoms with Crippen molar-refractivity contribution < 1.29 is 18.8 Å². The van der Waals surface area contributed by atoms with Crippen LogP contribution in [0.4, 0.5) is 15.8 Å². The van der Waals surface area contributed by atoms with Crippen LogP contribution in [0.1, 0.15) is 42.9 Å². The molecule has 0 saturated carbocycles. The van der Waals surface area contributed by atoms with Crippen molar-refractivity contribution in [1.82, 2.24) is 10.2 Å². The lowest BCUT2D eigenvalue weighted by molar-refractivity contribution is -0.125. The van der Waals surface area contributed by atoms with Crippen molar-refractivity contribution in [3.8, 4) is 0 Å². The maximum absolute atomic E-state index is 13.6. The molecular weight excluding hydrogens is 541 g/mol. The summed E-state index contributed by atoms with van der Waals surface area (Å²) in [5.41, 5.74) is 3.92. The Morgan fingerprint density at radius 1 is 1.07 bits per heavy atom. The van der Waals surface area contributed by atoms with Crippen LogP contribution in [-0.2, 0) is 20.9 Å². The Labute approximate surface area is 242 Å². The summed E-state index contributed by atoms with van der Waals surface area (Å²) < 4.78 is 13.1. The van der Waals surface area contributed by atoms with E-state index in [4.69, 9.17) is 9.98 Å². The number of hydrogen-bond acceptors (Lipinski definition) is 6. The largest absolute Gasteiger partial charge is 0.352 e. The van der Waals surface area contributed by atoms with Gasteiger partial charge in [-0.25, -0.2) is 14.3 Å². The van der Waals surface area contributed by atoms with E-state index in [0.717, 1.165) is 16.7 Å². The summed E-state index contributed by atoms with van der Waals surface area (Å²) in [4.78, 5) is 50.3. The van der Waals surface area contributed by atoms with Crippen LogP contribution >= 0.6 is 11.8 Å². The van der Waals surface area contributed by atoms with Gasteiger partial charge in [0.1, 0.15) is 17.7 Å². The van der Waals surface area contributed by atoms with Crippen LogP contribution < -0.4 is 10.6 Å². The van der Waals surface area contributed by atoms with Crippen molar-refractivity contribution in [2.24, 2.45) is 9.98 Å². The lowest BCUT2D eigenvalue weighted by atomic mass is 10.1. The molecule has 8 nitrogen and oxygen atoms in total. The second-order valence-corrected chi connectivity index (χ2v) is 11.0. The summed E-state index contributed by atoms with van der Waals surface area (Å²) in [5.74, 6) is -0.538. The number of benzene rings is 3. The lowest BCUT2D eigenvalue weighted by Crippen LogP contribution is -2.42. The zero-order valence-electron chi connectivity index (χ0n) is 22.8. The summed E-state index contributed by atoms with van der Waals surface area (Å²) in [7, 11) is 0. The number of hydrogen-bond donors (Lipinski definition) is 2. The number of anilines is 1. The lowest BCUT2D eigenvalue weighted by Gasteiger charge is -2.27. The first kappa shape index (κ1) is 28.2. The Bertz CT molecular complexity index is 1540. The normalized spacial score (nSPS) is 16.3. The van der Waals surface area contributed by atoms with Gasteiger partial charge in [0, 0.05) is 24.2 Å². The highest BCUT2D eigenvalue weighted by molar-refractivity contribution is 8.15. The Morgan fingerprint density at radius 2 is 1.85 bits per heavy atom. The summed E-state index contributed by atoms with van der Waals surface area (Å²) in [6, 6.07) is 20.2. The van der Waals surface area contributed by atoms with Crippen LogP contribution in [0.15, 0.2) is 82.8 Å². The Kier molecular flexibility index (Phi) is 8.58. The molecule has 0 aromatic heterocycles. The molecule has 2 unspecified atom stereocenters. The van der Waals surface area contributed by atoms with Gasteiger partial charge < -0.3 is 10.6 Å². The van der Waals surface area contributed by atoms with Gasteiger partial charge >= 0.3 is 0 Å². The Balaban J connectivity index is 1.28. The zero-order chi connectivity index (χ0) is 28.9. The molecule has 2 aliphatic heterocycles. The number of aryl methyl sites for hydroxylation is 1. The predicted molar refractivity (Wildman–Crippen MR) is 160 cm³/mol. The van der Waals surface area contributed by atoms with Gasteiger partial charge in [0.15, 0.2) is 5.17 Å². The van der Waals surface area contributed by atoms with Crippen molar-refractivity contribution in [1.29, 1.82) is 0 Å². The number of halogens is 1. The van der Waals surface area contributed by atoms with Gasteiger partial charge in [-0.15, -0.1) is 0 Å². The molecule has 0 radical (unpaired) electrons. The van der Waals surface area contributed by atoms with Crippen molar-refractivity contribution >= 4 is 51.9 Å². The van der Waals surface area contributed by atoms with Crippen molar-refractivity contribution in [3.05, 3.63) is 95.3 Å². The SMILES string of the molecule is CCC(SC1=Nc2ccccc2C2=NC(CCC(=O)NCc3ccc(F)cc3)C(=O)N12)C(=O)Nc1cccc(C)c1. The third kappa shape index (κ3) is 6.54. The van der Waals surface area contributed by atoms with Gasteiger partial charge in [-0.1, -0.05) is 55.1 Å². The second-order valence-electron chi connectivity index (χ2n) is 9.87. The standard InChI is InChI=1S/C31H30FN5O3S/c1-3-26(29(39)34-22-8-6-7-19(2)17-22)41-31-36-24-10-5-4-9-23(24)28-35-25(30(40)37(28)31)15-16-27(38)33-18-20-11-13-21(32)14-12-20/h4-14,17,25-26H,3,15-16,18H2,1-2H3,(H,33,38)(H,34,39). The Hall–Kier alpha value is -4.31. The van der Waals surface area contributed by atoms with Gasteiger partial charge in [0.25, 0.3) is 5.91 Å². The fraction of sp³-hybridized carbons (Fsp3) is 0.258. The van der Waals surface area contributed by atoms with Crippen LogP contribution in [0.5, 0.6) is 0 Å². The average Bonchev–Trinajstić information content (AvgIpc) is 3.30. The number of rotatable bonds is 9. The summed E-state index contributed by atoms with van der Waals surface area (Å²) >= 11 is 1.23. The number of amides is 3. The highest BCUT2D eigenvalue weighted by atomic mass is 32.2. The average molecular weight is 572 g/mol. The van der Waals surface area contributed by atoms with E-state index in [-0.39, 0.29) is 42.9 Å². The molecular formula is C31H30FN5O3S. The van der Waals surface area contributed by atoms with E-state index in [1.165, 1.54) is 28.8 Å². The smallest absolute Gasteiger partial charge is 0.259 e. The first-order valence-electron chi connectivity index (χ1n) is 13.5. The van der Waals surface area contributed by atoms with Crippen molar-refractivity contribution in [3.63, 3.8) is 0 Å². The van der Waals surface area contributed by atoms with Gasteiger partial charge in [-0.3, -0.25) is 19.4 Å². The van der Waals surface area contributed by atoms with Gasteiger partial charge in [0.05, 0.1) is 10.9 Å². The van der Waals surface area contributed by atoms with E-state index < -0.39 is 11.3 Å². The molecule has 10 heteroatoms. The number of aliphatic imine (C=N–C) groups is 2. The summed E-state index contributed by atoms with van der Waals surface area (Å²) in [6.45, 7) is 4.14. The quantitative estimate of drug-likeness (QED) is 0.362. The third-order valence-corrected chi connectivity index (χ3v) is 8.11. The number of nitrogens with zero attached hydrogens (tertiary/aromatic N) is 3. The zero-order valence-corrected chi connectivity index (χ0v) is 23.6. The molecule has 3 aromatic rings. The van der Waals surface area contributed by atoms with Crippen LogP contribution in [0, 0.1) is 12.7 Å². The van der Waals surface area contributed by atoms with Crippen LogP contribution in [-0.4, -0.2) is 44.9 Å². The molecule has 2 N–H and O–H groups in total. The van der Waals surface area contributed by atoms with Gasteiger partial charge in [0.2, 0.25) is 11.8 Å². The van der Waals surface area contributed by atoms with Crippen LogP contribution in [0.25, 0.3) is 0 Å². The third-order valence-electron chi connectivity index (χ3n) is 6.79. The number of carbonyl (C=O) groups excluding carboxylic acids is 3. The molecule has 3 aromatic carbocycles. The molecule has 41 heavy (non-hydrogen) atoms. The highest BCUT2D eigenvalue weighted by Crippen LogP contribution is 2.36. The molecule has 0 fully saturated rings. The highest BCUT2D eigenvalue weighted by Gasteiger charge is 2.42. The first-order valence-corrected chi connectivity index (χ1v) is 14.4. The van der Waals surface area contributed by atoms with E-state index in [9.17, 15) is 18.8 Å². The van der Waals surface area contributed by atoms with Gasteiger partial charge in [-0.05, 0) is 67.3 Å². The number of nitrogens with one attached hydrogen (secondary N) is 2. The first-order chi connectivity index (χ1) is 19.8. The van der Waals surface area contributed by atoms with E-state index in [1.54, 1.807) is 12.1 Å². The van der Waals surface area contributed by atoms with Gasteiger partial charge in [-0.2, -0.15) is 0 Å². The molecule has 3 amide bonds. The predicted octanol–water partition coefficient (Wildman–Crippen LogP) is 5.34. The number of thioether (sulfide) groups is 1. The minimum atomic E-state index is -0.750. The maximum Gasteiger partial charge on any atom is 0.259 e. The van der Waals surface area contributed by atoms with Crippen LogP contribution in [0.3, 0.4) is 0 Å². The molecule has 5 rings (SSSR count). The van der Waals surface area contributed by atoms with E-state index in [1.807, 2.05) is 62.4 Å². The maximum atomic E-state index is 13.6. The van der Waals surface area contributed by atoms with Crippen LogP contribution in [0.2, 0.25) is 0 Å².